The largest absolute Gasteiger partial charge is 0.323 e. The van der Waals surface area contributed by atoms with Crippen molar-refractivity contribution in [2.45, 2.75) is 13.3 Å². The van der Waals surface area contributed by atoms with Crippen LogP contribution in [0.2, 0.25) is 0 Å². The summed E-state index contributed by atoms with van der Waals surface area (Å²) in [5.74, 6) is 0.292. The van der Waals surface area contributed by atoms with Crippen molar-refractivity contribution >= 4 is 43.2 Å². The second-order valence-electron chi connectivity index (χ2n) is 7.69. The second kappa shape index (κ2) is 8.47. The van der Waals surface area contributed by atoms with Crippen LogP contribution in [0.4, 0.5) is 5.69 Å². The molecule has 5 rings (SSSR count). The molecule has 1 amide bonds. The number of aryl methyl sites for hydroxylation is 1. The molecule has 12 heteroatoms. The van der Waals surface area contributed by atoms with Crippen molar-refractivity contribution in [3.63, 3.8) is 0 Å². The first-order chi connectivity index (χ1) is 16.3. The average molecular weight is 494 g/mol. The molecule has 0 atom stereocenters. The number of amides is 1. The lowest BCUT2D eigenvalue weighted by Crippen LogP contribution is -2.15. The highest BCUT2D eigenvalue weighted by atomic mass is 32.2. The zero-order chi connectivity index (χ0) is 23.9. The molecule has 0 fully saturated rings. The van der Waals surface area contributed by atoms with E-state index in [0.717, 1.165) is 37.5 Å². The molecule has 0 aliphatic heterocycles. The van der Waals surface area contributed by atoms with Gasteiger partial charge in [0.2, 0.25) is 5.91 Å². The van der Waals surface area contributed by atoms with Crippen LogP contribution in [0, 0.1) is 6.92 Å². The Balaban J connectivity index is 1.47. The first-order valence-electron chi connectivity index (χ1n) is 10.2. The monoisotopic (exact) mass is 493 g/mol. The number of nitrogens with zero attached hydrogens (tertiary/aromatic N) is 6. The number of nitrogens with one attached hydrogen (secondary N) is 1. The molecule has 0 spiro atoms. The van der Waals surface area contributed by atoms with Crippen molar-refractivity contribution in [3.05, 3.63) is 71.8 Å². The number of aromatic nitrogens is 6. The van der Waals surface area contributed by atoms with Crippen molar-refractivity contribution in [3.8, 4) is 17.1 Å². The maximum atomic E-state index is 12.7. The number of pyridine rings is 1. The summed E-state index contributed by atoms with van der Waals surface area (Å²) in [6.45, 7) is 1.90. The van der Waals surface area contributed by atoms with Gasteiger partial charge in [-0.1, -0.05) is 12.1 Å². The van der Waals surface area contributed by atoms with Gasteiger partial charge in [-0.05, 0) is 37.3 Å². The lowest BCUT2D eigenvalue weighted by molar-refractivity contribution is -0.115. The number of rotatable bonds is 6. The minimum Gasteiger partial charge on any atom is -0.323 e. The Bertz CT molecular complexity index is 1630. The van der Waals surface area contributed by atoms with Crippen LogP contribution in [0.1, 0.15) is 11.4 Å². The highest BCUT2D eigenvalue weighted by molar-refractivity contribution is 7.89. The molecule has 10 nitrogen and oxygen atoms in total. The van der Waals surface area contributed by atoms with Crippen molar-refractivity contribution < 1.29 is 13.2 Å². The number of fused-ring (bicyclic) bond motifs is 1. The molecular formula is C22H19N7O3S2. The predicted octanol–water partition coefficient (Wildman–Crippen LogP) is 3.04. The van der Waals surface area contributed by atoms with Crippen LogP contribution < -0.4 is 5.32 Å². The van der Waals surface area contributed by atoms with E-state index in [4.69, 9.17) is 0 Å². The highest BCUT2D eigenvalue weighted by Gasteiger charge is 2.17. The van der Waals surface area contributed by atoms with Gasteiger partial charge < -0.3 is 5.32 Å². The Kier molecular flexibility index (Phi) is 5.46. The number of carbonyl (C=O) groups is 1. The fourth-order valence-electron chi connectivity index (χ4n) is 3.48. The summed E-state index contributed by atoms with van der Waals surface area (Å²) < 4.78 is 26.7. The normalized spacial score (nSPS) is 11.7. The summed E-state index contributed by atoms with van der Waals surface area (Å²) in [7, 11) is -3.53. The van der Waals surface area contributed by atoms with Gasteiger partial charge in [-0.3, -0.25) is 4.79 Å². The third-order valence-electron chi connectivity index (χ3n) is 5.00. The SMILES string of the molecule is Cc1cccc(-n2nc(CC(=O)Nc3cnn(S(C)(=O)=O)c3)cc2-c2ccc3ncsc3c2)n1. The third kappa shape index (κ3) is 4.45. The first-order valence-corrected chi connectivity index (χ1v) is 12.9. The first kappa shape index (κ1) is 21.9. The molecule has 0 aliphatic carbocycles. The summed E-state index contributed by atoms with van der Waals surface area (Å²) in [5, 5.41) is 11.1. The van der Waals surface area contributed by atoms with Crippen LogP contribution in [0.25, 0.3) is 27.3 Å². The van der Waals surface area contributed by atoms with Gasteiger partial charge in [0, 0.05) is 11.3 Å². The smallest absolute Gasteiger partial charge is 0.250 e. The van der Waals surface area contributed by atoms with E-state index < -0.39 is 10.0 Å². The lowest BCUT2D eigenvalue weighted by atomic mass is 10.1. The van der Waals surface area contributed by atoms with E-state index in [9.17, 15) is 13.2 Å². The van der Waals surface area contributed by atoms with Crippen LogP contribution >= 0.6 is 11.3 Å². The van der Waals surface area contributed by atoms with E-state index in [0.29, 0.717) is 11.5 Å². The van der Waals surface area contributed by atoms with E-state index in [2.05, 4.69) is 25.5 Å². The Morgan fingerprint density at radius 1 is 1.18 bits per heavy atom. The van der Waals surface area contributed by atoms with Crippen LogP contribution in [0.15, 0.2) is 60.4 Å². The van der Waals surface area contributed by atoms with Gasteiger partial charge in [-0.2, -0.15) is 14.3 Å². The van der Waals surface area contributed by atoms with E-state index in [-0.39, 0.29) is 18.0 Å². The Morgan fingerprint density at radius 3 is 2.79 bits per heavy atom. The molecule has 5 aromatic rings. The number of carbonyl (C=O) groups excluding carboxylic acids is 1. The Labute approximate surface area is 199 Å². The van der Waals surface area contributed by atoms with Crippen molar-refractivity contribution in [1.29, 1.82) is 0 Å². The molecule has 0 unspecified atom stereocenters. The number of hydrogen-bond donors (Lipinski definition) is 1. The van der Waals surface area contributed by atoms with E-state index >= 15 is 0 Å². The minimum absolute atomic E-state index is 0.0152. The van der Waals surface area contributed by atoms with Gasteiger partial charge in [-0.25, -0.2) is 23.1 Å². The van der Waals surface area contributed by atoms with Crippen LogP contribution in [0.3, 0.4) is 0 Å². The van der Waals surface area contributed by atoms with Gasteiger partial charge in [0.05, 0.1) is 57.9 Å². The number of anilines is 1. The Morgan fingerprint density at radius 2 is 2.03 bits per heavy atom. The molecule has 172 valence electrons. The van der Waals surface area contributed by atoms with Crippen LogP contribution in [-0.4, -0.2) is 49.5 Å². The molecular weight excluding hydrogens is 474 g/mol. The predicted molar refractivity (Wildman–Crippen MR) is 130 cm³/mol. The fourth-order valence-corrected chi connectivity index (χ4v) is 4.72. The van der Waals surface area contributed by atoms with Gasteiger partial charge in [-0.15, -0.1) is 11.3 Å². The topological polar surface area (TPSA) is 125 Å². The summed E-state index contributed by atoms with van der Waals surface area (Å²) in [4.78, 5) is 21.6. The van der Waals surface area contributed by atoms with Gasteiger partial charge >= 0.3 is 0 Å². The summed E-state index contributed by atoms with van der Waals surface area (Å²) >= 11 is 1.55. The Hall–Kier alpha value is -3.90. The summed E-state index contributed by atoms with van der Waals surface area (Å²) in [6.07, 6.45) is 3.55. The van der Waals surface area contributed by atoms with Crippen molar-refractivity contribution in [2.24, 2.45) is 0 Å². The van der Waals surface area contributed by atoms with Gasteiger partial charge in [0.15, 0.2) is 5.82 Å². The van der Waals surface area contributed by atoms with Crippen molar-refractivity contribution in [1.82, 2.24) is 28.9 Å². The van der Waals surface area contributed by atoms with Crippen LogP contribution in [0.5, 0.6) is 0 Å². The summed E-state index contributed by atoms with van der Waals surface area (Å²) in [5.41, 5.74) is 6.11. The minimum atomic E-state index is -3.53. The molecule has 0 aliphatic rings. The van der Waals surface area contributed by atoms with E-state index in [1.165, 1.54) is 12.4 Å². The lowest BCUT2D eigenvalue weighted by Gasteiger charge is -2.07. The zero-order valence-corrected chi connectivity index (χ0v) is 19.8. The molecule has 1 N–H and O–H groups in total. The van der Waals surface area contributed by atoms with E-state index in [1.54, 1.807) is 21.5 Å². The van der Waals surface area contributed by atoms with Gasteiger partial charge in [0.25, 0.3) is 10.0 Å². The molecule has 0 saturated carbocycles. The molecule has 0 saturated heterocycles. The molecule has 4 heterocycles. The number of benzene rings is 1. The maximum absolute atomic E-state index is 12.7. The number of hydrogen-bond acceptors (Lipinski definition) is 8. The quantitative estimate of drug-likeness (QED) is 0.385. The van der Waals surface area contributed by atoms with E-state index in [1.807, 2.05) is 49.4 Å². The second-order valence-corrected chi connectivity index (χ2v) is 10.4. The maximum Gasteiger partial charge on any atom is 0.250 e. The number of thiazole rings is 1. The van der Waals surface area contributed by atoms with Gasteiger partial charge in [0.1, 0.15) is 0 Å². The zero-order valence-electron chi connectivity index (χ0n) is 18.2. The highest BCUT2D eigenvalue weighted by Crippen LogP contribution is 2.28. The molecule has 0 bridgehead atoms. The molecule has 4 aromatic heterocycles. The standard InChI is InChI=1S/C22H19N7O3S2/c1-14-4-3-5-21(25-14)29-19(15-6-7-18-20(8-15)33-13-23-18)9-16(27-29)10-22(30)26-17-11-24-28(12-17)34(2,31)32/h3-9,11-13H,10H2,1-2H3,(H,26,30). The molecule has 34 heavy (non-hydrogen) atoms. The summed E-state index contributed by atoms with van der Waals surface area (Å²) in [6, 6.07) is 13.5. The average Bonchev–Trinajstić information content (AvgIpc) is 3.52. The van der Waals surface area contributed by atoms with Crippen LogP contribution in [-0.2, 0) is 21.2 Å². The molecule has 1 aromatic carbocycles. The molecule has 0 radical (unpaired) electrons. The van der Waals surface area contributed by atoms with Crippen molar-refractivity contribution in [2.75, 3.05) is 11.6 Å². The fraction of sp³-hybridized carbons (Fsp3) is 0.136. The third-order valence-corrected chi connectivity index (χ3v) is 6.67.